The molecule has 0 unspecified atom stereocenters. The summed E-state index contributed by atoms with van der Waals surface area (Å²) in [5.74, 6) is 0.736. The van der Waals surface area contributed by atoms with E-state index in [1.807, 2.05) is 11.8 Å². The maximum atomic E-state index is 11.5. The van der Waals surface area contributed by atoms with E-state index in [2.05, 4.69) is 13.8 Å². The summed E-state index contributed by atoms with van der Waals surface area (Å²) >= 11 is 0. The van der Waals surface area contributed by atoms with Gasteiger partial charge in [-0.1, -0.05) is 0 Å². The molecule has 2 heteroatoms. The second kappa shape index (κ2) is 3.24. The van der Waals surface area contributed by atoms with Crippen LogP contribution in [0.3, 0.4) is 0 Å². The molecule has 0 aromatic heterocycles. The van der Waals surface area contributed by atoms with Crippen LogP contribution in [0.5, 0.6) is 0 Å². The van der Waals surface area contributed by atoms with E-state index in [1.54, 1.807) is 0 Å². The summed E-state index contributed by atoms with van der Waals surface area (Å²) in [5, 5.41) is 0. The molecular formula is C9H17NO. The molecule has 2 nitrogen and oxygen atoms in total. The Kier molecular flexibility index (Phi) is 2.53. The summed E-state index contributed by atoms with van der Waals surface area (Å²) in [6.45, 7) is 7.04. The fourth-order valence-electron chi connectivity index (χ4n) is 1.34. The van der Waals surface area contributed by atoms with Gasteiger partial charge in [-0.3, -0.25) is 4.79 Å². The molecule has 0 heterocycles. The molecular weight excluding hydrogens is 138 g/mol. The normalized spacial score (nSPS) is 17.1. The molecule has 64 valence electrons. The minimum atomic E-state index is 0.363. The van der Waals surface area contributed by atoms with Crippen molar-refractivity contribution in [2.45, 2.75) is 39.7 Å². The van der Waals surface area contributed by atoms with E-state index in [9.17, 15) is 4.79 Å². The predicted octanol–water partition coefficient (Wildman–Crippen LogP) is 1.65. The Balaban J connectivity index is 2.45. The maximum absolute atomic E-state index is 11.5. The van der Waals surface area contributed by atoms with Gasteiger partial charge in [-0.25, -0.2) is 0 Å². The summed E-state index contributed by atoms with van der Waals surface area (Å²) in [6, 6.07) is 0.369. The van der Waals surface area contributed by atoms with Gasteiger partial charge in [-0.2, -0.15) is 0 Å². The SMILES string of the molecule is CCN(C(=O)C1CC1)C(C)C. The standard InChI is InChI=1S/C9H17NO/c1-4-10(7(2)3)9(11)8-5-6-8/h7-8H,4-6H2,1-3H3. The smallest absolute Gasteiger partial charge is 0.225 e. The highest BCUT2D eigenvalue weighted by Gasteiger charge is 2.33. The molecule has 1 amide bonds. The maximum Gasteiger partial charge on any atom is 0.225 e. The lowest BCUT2D eigenvalue weighted by molar-refractivity contribution is -0.133. The summed E-state index contributed by atoms with van der Waals surface area (Å²) in [4.78, 5) is 13.5. The molecule has 0 radical (unpaired) electrons. The van der Waals surface area contributed by atoms with Gasteiger partial charge in [0.15, 0.2) is 0 Å². The Hall–Kier alpha value is -0.530. The summed E-state index contributed by atoms with van der Waals surface area (Å²) in [6.07, 6.45) is 2.23. The molecule has 0 saturated heterocycles. The van der Waals surface area contributed by atoms with E-state index in [-0.39, 0.29) is 0 Å². The first-order valence-electron chi connectivity index (χ1n) is 4.47. The van der Waals surface area contributed by atoms with Crippen LogP contribution in [0.2, 0.25) is 0 Å². The van der Waals surface area contributed by atoms with Crippen LogP contribution in [-0.4, -0.2) is 23.4 Å². The fraction of sp³-hybridized carbons (Fsp3) is 0.889. The van der Waals surface area contributed by atoms with Crippen molar-refractivity contribution in [3.63, 3.8) is 0 Å². The number of rotatable bonds is 3. The minimum absolute atomic E-state index is 0.363. The summed E-state index contributed by atoms with van der Waals surface area (Å²) < 4.78 is 0. The van der Waals surface area contributed by atoms with Crippen LogP contribution in [0.25, 0.3) is 0 Å². The van der Waals surface area contributed by atoms with Crippen LogP contribution >= 0.6 is 0 Å². The van der Waals surface area contributed by atoms with Gasteiger partial charge >= 0.3 is 0 Å². The zero-order valence-corrected chi connectivity index (χ0v) is 7.63. The molecule has 0 bridgehead atoms. The van der Waals surface area contributed by atoms with Gasteiger partial charge in [-0.15, -0.1) is 0 Å². The number of carbonyl (C=O) groups is 1. The van der Waals surface area contributed by atoms with Crippen LogP contribution in [-0.2, 0) is 4.79 Å². The average molecular weight is 155 g/mol. The third-order valence-electron chi connectivity index (χ3n) is 2.17. The lowest BCUT2D eigenvalue weighted by Gasteiger charge is -2.24. The lowest BCUT2D eigenvalue weighted by atomic mass is 10.2. The van der Waals surface area contributed by atoms with Crippen LogP contribution in [0.4, 0.5) is 0 Å². The van der Waals surface area contributed by atoms with E-state index in [0.717, 1.165) is 19.4 Å². The highest BCUT2D eigenvalue weighted by Crippen LogP contribution is 2.31. The summed E-state index contributed by atoms with van der Waals surface area (Å²) in [5.41, 5.74) is 0. The van der Waals surface area contributed by atoms with Crippen LogP contribution in [0.1, 0.15) is 33.6 Å². The van der Waals surface area contributed by atoms with E-state index in [1.165, 1.54) is 0 Å². The molecule has 1 saturated carbocycles. The van der Waals surface area contributed by atoms with Gasteiger partial charge in [0, 0.05) is 18.5 Å². The van der Waals surface area contributed by atoms with Gasteiger partial charge in [0.1, 0.15) is 0 Å². The number of nitrogens with zero attached hydrogens (tertiary/aromatic N) is 1. The zero-order chi connectivity index (χ0) is 8.43. The molecule has 0 aromatic rings. The molecule has 1 aliphatic rings. The molecule has 1 rings (SSSR count). The first-order chi connectivity index (χ1) is 5.16. The minimum Gasteiger partial charge on any atom is -0.340 e. The Morgan fingerprint density at radius 2 is 2.09 bits per heavy atom. The highest BCUT2D eigenvalue weighted by molar-refractivity contribution is 5.81. The van der Waals surface area contributed by atoms with Crippen molar-refractivity contribution in [1.29, 1.82) is 0 Å². The van der Waals surface area contributed by atoms with E-state index in [4.69, 9.17) is 0 Å². The van der Waals surface area contributed by atoms with Crippen LogP contribution < -0.4 is 0 Å². The average Bonchev–Trinajstić information content (AvgIpc) is 2.68. The van der Waals surface area contributed by atoms with Crippen molar-refractivity contribution in [2.75, 3.05) is 6.54 Å². The largest absolute Gasteiger partial charge is 0.340 e. The molecule has 11 heavy (non-hydrogen) atoms. The molecule has 0 aliphatic heterocycles. The van der Waals surface area contributed by atoms with Crippen LogP contribution in [0, 0.1) is 5.92 Å². The van der Waals surface area contributed by atoms with Crippen LogP contribution in [0.15, 0.2) is 0 Å². The van der Waals surface area contributed by atoms with Crippen molar-refractivity contribution in [3.05, 3.63) is 0 Å². The van der Waals surface area contributed by atoms with Gasteiger partial charge in [-0.05, 0) is 33.6 Å². The molecule has 1 aliphatic carbocycles. The zero-order valence-electron chi connectivity index (χ0n) is 7.63. The van der Waals surface area contributed by atoms with Gasteiger partial charge in [0.05, 0.1) is 0 Å². The Bertz CT molecular complexity index is 150. The number of carbonyl (C=O) groups excluding carboxylic acids is 1. The van der Waals surface area contributed by atoms with Crippen molar-refractivity contribution in [1.82, 2.24) is 4.90 Å². The Morgan fingerprint density at radius 3 is 2.36 bits per heavy atom. The van der Waals surface area contributed by atoms with Crippen molar-refractivity contribution in [3.8, 4) is 0 Å². The summed E-state index contributed by atoms with van der Waals surface area (Å²) in [7, 11) is 0. The second-order valence-corrected chi connectivity index (χ2v) is 3.49. The first-order valence-corrected chi connectivity index (χ1v) is 4.47. The number of amides is 1. The molecule has 0 aromatic carbocycles. The van der Waals surface area contributed by atoms with Crippen molar-refractivity contribution < 1.29 is 4.79 Å². The van der Waals surface area contributed by atoms with E-state index < -0.39 is 0 Å². The molecule has 1 fully saturated rings. The number of hydrogen-bond donors (Lipinski definition) is 0. The van der Waals surface area contributed by atoms with E-state index >= 15 is 0 Å². The van der Waals surface area contributed by atoms with Gasteiger partial charge in [0.2, 0.25) is 5.91 Å². The van der Waals surface area contributed by atoms with Crippen molar-refractivity contribution in [2.24, 2.45) is 5.92 Å². The molecule has 0 N–H and O–H groups in total. The van der Waals surface area contributed by atoms with Gasteiger partial charge in [0.25, 0.3) is 0 Å². The Morgan fingerprint density at radius 1 is 1.55 bits per heavy atom. The van der Waals surface area contributed by atoms with Gasteiger partial charge < -0.3 is 4.90 Å². The Labute approximate surface area is 68.6 Å². The quantitative estimate of drug-likeness (QED) is 0.607. The van der Waals surface area contributed by atoms with E-state index in [0.29, 0.717) is 17.9 Å². The molecule has 0 spiro atoms. The first kappa shape index (κ1) is 8.57. The second-order valence-electron chi connectivity index (χ2n) is 3.49. The number of hydrogen-bond acceptors (Lipinski definition) is 1. The molecule has 0 atom stereocenters. The third-order valence-corrected chi connectivity index (χ3v) is 2.17. The topological polar surface area (TPSA) is 20.3 Å². The predicted molar refractivity (Wildman–Crippen MR) is 45.2 cm³/mol. The monoisotopic (exact) mass is 155 g/mol. The third kappa shape index (κ3) is 1.95. The highest BCUT2D eigenvalue weighted by atomic mass is 16.2. The van der Waals surface area contributed by atoms with Crippen molar-refractivity contribution >= 4 is 5.91 Å². The lowest BCUT2D eigenvalue weighted by Crippen LogP contribution is -2.37. The fourth-order valence-corrected chi connectivity index (χ4v) is 1.34.